The molecule has 0 N–H and O–H groups in total. The Morgan fingerprint density at radius 3 is 2.52 bits per heavy atom. The van der Waals surface area contributed by atoms with E-state index in [1.165, 1.54) is 21.7 Å². The van der Waals surface area contributed by atoms with Gasteiger partial charge in [-0.1, -0.05) is 30.3 Å². The Bertz CT molecular complexity index is 1050. The Labute approximate surface area is 151 Å². The molecule has 0 bridgehead atoms. The Morgan fingerprint density at radius 2 is 1.74 bits per heavy atom. The minimum atomic E-state index is -4.43. The van der Waals surface area contributed by atoms with Gasteiger partial charge in [0.15, 0.2) is 0 Å². The number of hydrogen-bond donors (Lipinski definition) is 0. The van der Waals surface area contributed by atoms with Crippen molar-refractivity contribution in [3.63, 3.8) is 0 Å². The standard InChI is InChI=1S/C17H12F3N7/c18-17(19,20)13-6-4-5-12(9-13)16-22-25-26(24-16)11-14-10-21-27(23-14)15-7-2-1-3-8-15/h1-10H,11H2. The van der Waals surface area contributed by atoms with Crippen LogP contribution < -0.4 is 0 Å². The summed E-state index contributed by atoms with van der Waals surface area (Å²) >= 11 is 0. The van der Waals surface area contributed by atoms with Gasteiger partial charge in [0.1, 0.15) is 12.2 Å². The maximum Gasteiger partial charge on any atom is 0.416 e. The van der Waals surface area contributed by atoms with E-state index in [-0.39, 0.29) is 17.9 Å². The smallest absolute Gasteiger partial charge is 0.166 e. The lowest BCUT2D eigenvalue weighted by molar-refractivity contribution is -0.137. The van der Waals surface area contributed by atoms with Crippen molar-refractivity contribution >= 4 is 0 Å². The van der Waals surface area contributed by atoms with E-state index in [1.54, 1.807) is 6.20 Å². The monoisotopic (exact) mass is 371 g/mol. The zero-order valence-corrected chi connectivity index (χ0v) is 13.7. The minimum absolute atomic E-state index is 0.108. The molecule has 136 valence electrons. The fourth-order valence-corrected chi connectivity index (χ4v) is 2.46. The second-order valence-electron chi connectivity index (χ2n) is 5.68. The van der Waals surface area contributed by atoms with Gasteiger partial charge in [-0.2, -0.15) is 33.0 Å². The van der Waals surface area contributed by atoms with E-state index in [1.807, 2.05) is 30.3 Å². The largest absolute Gasteiger partial charge is 0.416 e. The number of rotatable bonds is 4. The quantitative estimate of drug-likeness (QED) is 0.551. The molecule has 7 nitrogen and oxygen atoms in total. The fourth-order valence-electron chi connectivity index (χ4n) is 2.46. The number of benzene rings is 2. The maximum atomic E-state index is 12.8. The molecule has 0 saturated carbocycles. The highest BCUT2D eigenvalue weighted by Crippen LogP contribution is 2.31. The third kappa shape index (κ3) is 3.68. The first-order chi connectivity index (χ1) is 13.0. The van der Waals surface area contributed by atoms with Crippen LogP contribution in [0.15, 0.2) is 60.8 Å². The average Bonchev–Trinajstić information content (AvgIpc) is 3.32. The van der Waals surface area contributed by atoms with Gasteiger partial charge in [0.25, 0.3) is 0 Å². The van der Waals surface area contributed by atoms with Crippen LogP contribution >= 0.6 is 0 Å². The van der Waals surface area contributed by atoms with Crippen LogP contribution in [-0.4, -0.2) is 35.2 Å². The van der Waals surface area contributed by atoms with Gasteiger partial charge in [-0.3, -0.25) is 0 Å². The van der Waals surface area contributed by atoms with Crippen molar-refractivity contribution in [2.45, 2.75) is 12.7 Å². The minimum Gasteiger partial charge on any atom is -0.166 e. The van der Waals surface area contributed by atoms with Crippen molar-refractivity contribution in [1.82, 2.24) is 35.2 Å². The fraction of sp³-hybridized carbons (Fsp3) is 0.118. The molecule has 0 radical (unpaired) electrons. The van der Waals surface area contributed by atoms with Gasteiger partial charge in [0, 0.05) is 5.56 Å². The summed E-state index contributed by atoms with van der Waals surface area (Å²) in [6, 6.07) is 14.2. The summed E-state index contributed by atoms with van der Waals surface area (Å²) < 4.78 is 38.5. The van der Waals surface area contributed by atoms with Gasteiger partial charge in [0.05, 0.1) is 17.4 Å². The third-order valence-electron chi connectivity index (χ3n) is 3.73. The molecule has 4 aromatic rings. The van der Waals surface area contributed by atoms with Crippen LogP contribution in [0.1, 0.15) is 11.3 Å². The highest BCUT2D eigenvalue weighted by atomic mass is 19.4. The van der Waals surface area contributed by atoms with Crippen molar-refractivity contribution in [2.75, 3.05) is 0 Å². The number of tetrazole rings is 1. The normalized spacial score (nSPS) is 11.7. The number of nitrogens with zero attached hydrogens (tertiary/aromatic N) is 7. The molecular weight excluding hydrogens is 359 g/mol. The average molecular weight is 371 g/mol. The van der Waals surface area contributed by atoms with E-state index in [2.05, 4.69) is 25.6 Å². The van der Waals surface area contributed by atoms with Crippen molar-refractivity contribution in [3.8, 4) is 17.1 Å². The maximum absolute atomic E-state index is 12.8. The molecule has 0 aliphatic rings. The van der Waals surface area contributed by atoms with Crippen molar-refractivity contribution in [3.05, 3.63) is 72.1 Å². The van der Waals surface area contributed by atoms with Crippen LogP contribution in [0.3, 0.4) is 0 Å². The van der Waals surface area contributed by atoms with Crippen LogP contribution in [0.4, 0.5) is 13.2 Å². The second kappa shape index (κ2) is 6.63. The van der Waals surface area contributed by atoms with Crippen LogP contribution in [0, 0.1) is 0 Å². The molecule has 2 heterocycles. The number of halogens is 3. The van der Waals surface area contributed by atoms with E-state index in [9.17, 15) is 13.2 Å². The molecule has 0 fully saturated rings. The zero-order chi connectivity index (χ0) is 18.9. The summed E-state index contributed by atoms with van der Waals surface area (Å²) in [5.74, 6) is 0.108. The lowest BCUT2D eigenvalue weighted by Crippen LogP contribution is -2.06. The second-order valence-corrected chi connectivity index (χ2v) is 5.68. The van der Waals surface area contributed by atoms with E-state index < -0.39 is 11.7 Å². The number of alkyl halides is 3. The third-order valence-corrected chi connectivity index (χ3v) is 3.73. The number of para-hydroxylation sites is 1. The molecule has 2 aromatic carbocycles. The molecular formula is C17H12F3N7. The van der Waals surface area contributed by atoms with Crippen molar-refractivity contribution < 1.29 is 13.2 Å². The lowest BCUT2D eigenvalue weighted by atomic mass is 10.1. The van der Waals surface area contributed by atoms with Crippen LogP contribution in [0.5, 0.6) is 0 Å². The number of hydrogen-bond acceptors (Lipinski definition) is 5. The molecule has 0 unspecified atom stereocenters. The molecule has 2 aromatic heterocycles. The molecule has 0 aliphatic heterocycles. The van der Waals surface area contributed by atoms with Crippen molar-refractivity contribution in [1.29, 1.82) is 0 Å². The Morgan fingerprint density at radius 1 is 0.926 bits per heavy atom. The van der Waals surface area contributed by atoms with Gasteiger partial charge in [-0.15, -0.1) is 10.2 Å². The van der Waals surface area contributed by atoms with Gasteiger partial charge in [-0.25, -0.2) is 0 Å². The number of aromatic nitrogens is 7. The predicted octanol–water partition coefficient (Wildman–Crippen LogP) is 2.99. The van der Waals surface area contributed by atoms with E-state index in [0.29, 0.717) is 5.69 Å². The first-order valence-electron chi connectivity index (χ1n) is 7.91. The van der Waals surface area contributed by atoms with Crippen molar-refractivity contribution in [2.24, 2.45) is 0 Å². The summed E-state index contributed by atoms with van der Waals surface area (Å²) in [6.07, 6.45) is -2.86. The Balaban J connectivity index is 1.53. The molecule has 0 amide bonds. The van der Waals surface area contributed by atoms with Gasteiger partial charge in [-0.05, 0) is 29.5 Å². The summed E-state index contributed by atoms with van der Waals surface area (Å²) in [5, 5.41) is 20.4. The van der Waals surface area contributed by atoms with Gasteiger partial charge < -0.3 is 0 Å². The summed E-state index contributed by atoms with van der Waals surface area (Å²) in [6.45, 7) is 0.193. The lowest BCUT2D eigenvalue weighted by Gasteiger charge is -2.06. The van der Waals surface area contributed by atoms with E-state index in [4.69, 9.17) is 0 Å². The van der Waals surface area contributed by atoms with Gasteiger partial charge in [0.2, 0.25) is 5.82 Å². The Hall–Kier alpha value is -3.56. The predicted molar refractivity (Wildman–Crippen MR) is 88.7 cm³/mol. The van der Waals surface area contributed by atoms with E-state index >= 15 is 0 Å². The van der Waals surface area contributed by atoms with Crippen LogP contribution in [0.25, 0.3) is 17.1 Å². The first kappa shape index (κ1) is 16.9. The van der Waals surface area contributed by atoms with Crippen LogP contribution in [0.2, 0.25) is 0 Å². The molecule has 4 rings (SSSR count). The van der Waals surface area contributed by atoms with Crippen LogP contribution in [-0.2, 0) is 12.7 Å². The Kier molecular flexibility index (Phi) is 4.15. The molecule has 0 aliphatic carbocycles. The zero-order valence-electron chi connectivity index (χ0n) is 13.7. The highest BCUT2D eigenvalue weighted by Gasteiger charge is 2.30. The topological polar surface area (TPSA) is 74.3 Å². The molecule has 10 heteroatoms. The molecule has 0 atom stereocenters. The first-order valence-corrected chi connectivity index (χ1v) is 7.91. The molecule has 27 heavy (non-hydrogen) atoms. The summed E-state index contributed by atoms with van der Waals surface area (Å²) in [4.78, 5) is 2.73. The summed E-state index contributed by atoms with van der Waals surface area (Å²) in [7, 11) is 0. The SMILES string of the molecule is FC(F)(F)c1cccc(-c2nnn(Cc3cnn(-c4ccccc4)n3)n2)c1. The molecule has 0 saturated heterocycles. The highest BCUT2D eigenvalue weighted by molar-refractivity contribution is 5.55. The van der Waals surface area contributed by atoms with Gasteiger partial charge >= 0.3 is 6.18 Å². The summed E-state index contributed by atoms with van der Waals surface area (Å²) in [5.41, 5.74) is 0.873. The molecule has 0 spiro atoms. The van der Waals surface area contributed by atoms with E-state index in [0.717, 1.165) is 17.8 Å².